The van der Waals surface area contributed by atoms with Crippen LogP contribution in [0.1, 0.15) is 38.8 Å². The van der Waals surface area contributed by atoms with Crippen LogP contribution in [0.25, 0.3) is 0 Å². The van der Waals surface area contributed by atoms with Crippen molar-refractivity contribution in [2.45, 2.75) is 45.5 Å². The molecule has 0 spiro atoms. The molecule has 0 amide bonds. The normalized spacial score (nSPS) is 24.4. The molecule has 118 valence electrons. The van der Waals surface area contributed by atoms with Crippen molar-refractivity contribution in [2.75, 3.05) is 13.7 Å². The monoisotopic (exact) mass is 303 g/mol. The lowest BCUT2D eigenvalue weighted by Crippen LogP contribution is -2.41. The van der Waals surface area contributed by atoms with Crippen LogP contribution in [-0.4, -0.2) is 37.7 Å². The smallest absolute Gasteiger partial charge is 0.399 e. The largest absolute Gasteiger partial charge is 0.494 e. The molecule has 2 heterocycles. The summed E-state index contributed by atoms with van der Waals surface area (Å²) in [5, 5.41) is 4.06. The third-order valence-corrected chi connectivity index (χ3v) is 4.67. The van der Waals surface area contributed by atoms with E-state index in [4.69, 9.17) is 18.9 Å². The van der Waals surface area contributed by atoms with Gasteiger partial charge >= 0.3 is 7.12 Å². The molecule has 0 aliphatic carbocycles. The minimum atomic E-state index is -0.373. The topological polar surface area (TPSA) is 49.3 Å². The summed E-state index contributed by atoms with van der Waals surface area (Å²) in [6.07, 6.45) is 0. The fourth-order valence-electron chi connectivity index (χ4n) is 2.64. The first-order valence-electron chi connectivity index (χ1n) is 7.51. The Kier molecular flexibility index (Phi) is 3.79. The summed E-state index contributed by atoms with van der Waals surface area (Å²) in [6, 6.07) is 6.14. The SMILES string of the molecule is CO/N=C1\COCc2ccc(B3OC(C)(C)C(C)(C)O3)cc21. The quantitative estimate of drug-likeness (QED) is 0.618. The Morgan fingerprint density at radius 3 is 2.41 bits per heavy atom. The molecule has 0 saturated carbocycles. The first-order chi connectivity index (χ1) is 10.3. The third-order valence-electron chi connectivity index (χ3n) is 4.67. The molecule has 1 saturated heterocycles. The lowest BCUT2D eigenvalue weighted by molar-refractivity contribution is 0.00578. The van der Waals surface area contributed by atoms with Crippen molar-refractivity contribution < 1.29 is 18.9 Å². The highest BCUT2D eigenvalue weighted by Crippen LogP contribution is 2.36. The van der Waals surface area contributed by atoms with Gasteiger partial charge in [0, 0.05) is 5.56 Å². The van der Waals surface area contributed by atoms with Crippen molar-refractivity contribution in [1.82, 2.24) is 0 Å². The van der Waals surface area contributed by atoms with E-state index in [0.29, 0.717) is 13.2 Å². The average Bonchev–Trinajstić information content (AvgIpc) is 2.68. The van der Waals surface area contributed by atoms with Crippen molar-refractivity contribution in [3.05, 3.63) is 29.3 Å². The molecule has 0 atom stereocenters. The zero-order valence-electron chi connectivity index (χ0n) is 13.8. The Morgan fingerprint density at radius 2 is 1.77 bits per heavy atom. The van der Waals surface area contributed by atoms with Crippen LogP contribution in [0.3, 0.4) is 0 Å². The molecule has 2 aliphatic heterocycles. The maximum Gasteiger partial charge on any atom is 0.494 e. The average molecular weight is 303 g/mol. The first-order valence-corrected chi connectivity index (χ1v) is 7.51. The van der Waals surface area contributed by atoms with Gasteiger partial charge in [-0.25, -0.2) is 0 Å². The Hall–Kier alpha value is -1.37. The molecule has 0 unspecified atom stereocenters. The van der Waals surface area contributed by atoms with Crippen LogP contribution in [0.5, 0.6) is 0 Å². The standard InChI is InChI=1S/C16H22BNO4/c1-15(2)16(3,4)22-17(21-15)12-7-6-11-9-20-10-14(18-19-5)13(11)8-12/h6-8H,9-10H2,1-5H3/b18-14+. The van der Waals surface area contributed by atoms with Gasteiger partial charge in [0.15, 0.2) is 0 Å². The number of fused-ring (bicyclic) bond motifs is 1. The second-order valence-corrected chi connectivity index (χ2v) is 6.72. The zero-order chi connectivity index (χ0) is 16.0. The lowest BCUT2D eigenvalue weighted by Gasteiger charge is -2.32. The van der Waals surface area contributed by atoms with Gasteiger partial charge in [0.25, 0.3) is 0 Å². The molecular weight excluding hydrogens is 281 g/mol. The van der Waals surface area contributed by atoms with Crippen LogP contribution in [0, 0.1) is 0 Å². The lowest BCUT2D eigenvalue weighted by atomic mass is 9.77. The summed E-state index contributed by atoms with van der Waals surface area (Å²) in [4.78, 5) is 4.92. The predicted octanol–water partition coefficient (Wildman–Crippen LogP) is 1.87. The van der Waals surface area contributed by atoms with Gasteiger partial charge in [0.05, 0.1) is 24.4 Å². The van der Waals surface area contributed by atoms with Gasteiger partial charge in [-0.1, -0.05) is 23.4 Å². The van der Waals surface area contributed by atoms with Crippen LogP contribution in [0.4, 0.5) is 0 Å². The third kappa shape index (κ3) is 2.55. The molecule has 1 aromatic rings. The molecule has 5 nitrogen and oxygen atoms in total. The fraction of sp³-hybridized carbons (Fsp3) is 0.562. The summed E-state index contributed by atoms with van der Waals surface area (Å²) in [7, 11) is 1.17. The summed E-state index contributed by atoms with van der Waals surface area (Å²) in [6.45, 7) is 9.25. The van der Waals surface area contributed by atoms with Gasteiger partial charge in [-0.05, 0) is 38.7 Å². The molecule has 0 radical (unpaired) electrons. The molecule has 2 aliphatic rings. The van der Waals surface area contributed by atoms with Gasteiger partial charge in [0.1, 0.15) is 12.8 Å². The van der Waals surface area contributed by atoms with E-state index >= 15 is 0 Å². The van der Waals surface area contributed by atoms with E-state index in [-0.39, 0.29) is 18.3 Å². The summed E-state index contributed by atoms with van der Waals surface area (Å²) >= 11 is 0. The van der Waals surface area contributed by atoms with E-state index in [1.54, 1.807) is 7.11 Å². The summed E-state index contributed by atoms with van der Waals surface area (Å²) < 4.78 is 17.7. The van der Waals surface area contributed by atoms with Gasteiger partial charge < -0.3 is 18.9 Å². The summed E-state index contributed by atoms with van der Waals surface area (Å²) in [5.41, 5.74) is 3.23. The molecule has 0 N–H and O–H groups in total. The number of nitrogens with zero attached hydrogens (tertiary/aromatic N) is 1. The van der Waals surface area contributed by atoms with Gasteiger partial charge in [0.2, 0.25) is 0 Å². The molecule has 1 fully saturated rings. The Balaban J connectivity index is 1.94. The van der Waals surface area contributed by atoms with E-state index in [2.05, 4.69) is 38.9 Å². The Bertz CT molecular complexity index is 596. The van der Waals surface area contributed by atoms with Crippen LogP contribution < -0.4 is 5.46 Å². The van der Waals surface area contributed by atoms with Gasteiger partial charge in [-0.3, -0.25) is 0 Å². The van der Waals surface area contributed by atoms with E-state index in [1.165, 1.54) is 0 Å². The number of oxime groups is 1. The van der Waals surface area contributed by atoms with Crippen LogP contribution in [0.15, 0.2) is 23.4 Å². The van der Waals surface area contributed by atoms with Crippen molar-refractivity contribution >= 4 is 18.3 Å². The van der Waals surface area contributed by atoms with Crippen molar-refractivity contribution in [3.63, 3.8) is 0 Å². The van der Waals surface area contributed by atoms with Crippen LogP contribution in [0.2, 0.25) is 0 Å². The number of ether oxygens (including phenoxy) is 1. The molecule has 1 aromatic carbocycles. The fourth-order valence-corrected chi connectivity index (χ4v) is 2.64. The second-order valence-electron chi connectivity index (χ2n) is 6.72. The molecule has 6 heteroatoms. The minimum absolute atomic E-state index is 0.347. The van der Waals surface area contributed by atoms with E-state index < -0.39 is 0 Å². The molecule has 22 heavy (non-hydrogen) atoms. The highest BCUT2D eigenvalue weighted by atomic mass is 16.7. The van der Waals surface area contributed by atoms with E-state index in [0.717, 1.165) is 22.3 Å². The van der Waals surface area contributed by atoms with Crippen LogP contribution in [-0.2, 0) is 25.5 Å². The van der Waals surface area contributed by atoms with Crippen molar-refractivity contribution in [2.24, 2.45) is 5.16 Å². The molecule has 0 aromatic heterocycles. The Morgan fingerprint density at radius 1 is 1.09 bits per heavy atom. The predicted molar refractivity (Wildman–Crippen MR) is 85.4 cm³/mol. The van der Waals surface area contributed by atoms with Crippen molar-refractivity contribution in [3.8, 4) is 0 Å². The first kappa shape index (κ1) is 15.5. The number of hydrogen-bond acceptors (Lipinski definition) is 5. The molecular formula is C16H22BNO4. The van der Waals surface area contributed by atoms with E-state index in [1.807, 2.05) is 12.1 Å². The maximum atomic E-state index is 6.11. The minimum Gasteiger partial charge on any atom is -0.399 e. The maximum absolute atomic E-state index is 6.11. The number of benzene rings is 1. The van der Waals surface area contributed by atoms with Crippen molar-refractivity contribution in [1.29, 1.82) is 0 Å². The molecule has 0 bridgehead atoms. The van der Waals surface area contributed by atoms with Gasteiger partial charge in [-0.15, -0.1) is 0 Å². The number of rotatable bonds is 2. The second kappa shape index (κ2) is 5.37. The highest BCUT2D eigenvalue weighted by Gasteiger charge is 2.51. The highest BCUT2D eigenvalue weighted by molar-refractivity contribution is 6.62. The number of hydrogen-bond donors (Lipinski definition) is 0. The van der Waals surface area contributed by atoms with Crippen LogP contribution >= 0.6 is 0 Å². The van der Waals surface area contributed by atoms with Gasteiger partial charge in [-0.2, -0.15) is 0 Å². The molecule has 3 rings (SSSR count). The Labute approximate surface area is 131 Å². The zero-order valence-corrected chi connectivity index (χ0v) is 13.8. The van der Waals surface area contributed by atoms with E-state index in [9.17, 15) is 0 Å². The summed E-state index contributed by atoms with van der Waals surface area (Å²) in [5.74, 6) is 0.